The molecule has 0 radical (unpaired) electrons. The van der Waals surface area contributed by atoms with Gasteiger partial charge in [-0.15, -0.1) is 0 Å². The van der Waals surface area contributed by atoms with Crippen molar-refractivity contribution >= 4 is 0 Å². The smallest absolute Gasteiger partial charge is 0.249 e. The molecule has 1 aliphatic rings. The maximum Gasteiger partial charge on any atom is 0.249 e. The van der Waals surface area contributed by atoms with Gasteiger partial charge in [-0.3, -0.25) is 0 Å². The Balaban J connectivity index is 2.23. The van der Waals surface area contributed by atoms with Crippen molar-refractivity contribution in [1.82, 2.24) is 10.1 Å². The third kappa shape index (κ3) is 1.52. The molecule has 1 aromatic rings. The highest BCUT2D eigenvalue weighted by Gasteiger charge is 2.38. The summed E-state index contributed by atoms with van der Waals surface area (Å²) >= 11 is 0. The van der Waals surface area contributed by atoms with Gasteiger partial charge in [0.05, 0.1) is 12.6 Å². The van der Waals surface area contributed by atoms with E-state index in [1.807, 2.05) is 0 Å². The van der Waals surface area contributed by atoms with Gasteiger partial charge in [0.2, 0.25) is 5.89 Å². The Morgan fingerprint density at radius 2 is 2.36 bits per heavy atom. The predicted molar refractivity (Wildman–Crippen MR) is 48.2 cm³/mol. The molecule has 0 saturated carbocycles. The minimum Gasteiger partial charge on any atom is -0.379 e. The monoisotopic (exact) mass is 198 g/mol. The van der Waals surface area contributed by atoms with E-state index < -0.39 is 5.54 Å². The molecule has 0 aromatic carbocycles. The van der Waals surface area contributed by atoms with Gasteiger partial charge in [0, 0.05) is 6.61 Å². The van der Waals surface area contributed by atoms with Crippen LogP contribution in [0.3, 0.4) is 0 Å². The molecule has 0 bridgehead atoms. The molecule has 1 aromatic heterocycles. The van der Waals surface area contributed by atoms with E-state index in [4.69, 9.17) is 20.7 Å². The van der Waals surface area contributed by atoms with Crippen LogP contribution in [0.15, 0.2) is 4.52 Å². The van der Waals surface area contributed by atoms with E-state index in [-0.39, 0.29) is 6.04 Å². The van der Waals surface area contributed by atoms with Crippen LogP contribution < -0.4 is 11.5 Å². The first-order valence-corrected chi connectivity index (χ1v) is 4.58. The van der Waals surface area contributed by atoms with Crippen LogP contribution in [0.2, 0.25) is 0 Å². The van der Waals surface area contributed by atoms with Gasteiger partial charge in [-0.1, -0.05) is 5.16 Å². The molecule has 2 unspecified atom stereocenters. The maximum absolute atomic E-state index is 6.03. The molecule has 1 fully saturated rings. The molecule has 0 spiro atoms. The van der Waals surface area contributed by atoms with Crippen LogP contribution in [0, 0.1) is 0 Å². The highest BCUT2D eigenvalue weighted by molar-refractivity contribution is 5.05. The fraction of sp³-hybridized carbons (Fsp3) is 0.750. The van der Waals surface area contributed by atoms with Crippen LogP contribution in [0.1, 0.15) is 31.1 Å². The summed E-state index contributed by atoms with van der Waals surface area (Å²) in [6.07, 6.45) is 0.702. The molecular weight excluding hydrogens is 184 g/mol. The van der Waals surface area contributed by atoms with Crippen LogP contribution in [0.5, 0.6) is 0 Å². The topological polar surface area (TPSA) is 100 Å². The Bertz CT molecular complexity index is 317. The van der Waals surface area contributed by atoms with Gasteiger partial charge >= 0.3 is 0 Å². The van der Waals surface area contributed by atoms with E-state index >= 15 is 0 Å². The van der Waals surface area contributed by atoms with Crippen LogP contribution in [0.25, 0.3) is 0 Å². The lowest BCUT2D eigenvalue weighted by Gasteiger charge is -2.15. The van der Waals surface area contributed by atoms with Crippen molar-refractivity contribution in [2.75, 3.05) is 13.2 Å². The summed E-state index contributed by atoms with van der Waals surface area (Å²) in [5, 5.41) is 3.76. The average molecular weight is 198 g/mol. The highest BCUT2D eigenvalue weighted by atomic mass is 16.5. The van der Waals surface area contributed by atoms with Gasteiger partial charge in [0.1, 0.15) is 5.54 Å². The minimum atomic E-state index is -0.625. The van der Waals surface area contributed by atoms with Crippen LogP contribution in [0.4, 0.5) is 0 Å². The van der Waals surface area contributed by atoms with Crippen molar-refractivity contribution in [2.24, 2.45) is 11.5 Å². The summed E-state index contributed by atoms with van der Waals surface area (Å²) in [6.45, 7) is 2.85. The maximum atomic E-state index is 6.03. The summed E-state index contributed by atoms with van der Waals surface area (Å²) in [7, 11) is 0. The fourth-order valence-electron chi connectivity index (χ4n) is 1.37. The van der Waals surface area contributed by atoms with Crippen molar-refractivity contribution in [3.05, 3.63) is 11.7 Å². The molecule has 78 valence electrons. The SMILES string of the molecule is CC(N)c1noc(C2(N)CCOC2)n1. The summed E-state index contributed by atoms with van der Waals surface area (Å²) in [4.78, 5) is 4.16. The number of rotatable bonds is 2. The second kappa shape index (κ2) is 3.30. The quantitative estimate of drug-likeness (QED) is 0.674. The van der Waals surface area contributed by atoms with Crippen molar-refractivity contribution in [3.8, 4) is 0 Å². The highest BCUT2D eigenvalue weighted by Crippen LogP contribution is 2.26. The Morgan fingerprint density at radius 3 is 2.86 bits per heavy atom. The summed E-state index contributed by atoms with van der Waals surface area (Å²) in [5.74, 6) is 0.902. The van der Waals surface area contributed by atoms with Crippen molar-refractivity contribution < 1.29 is 9.26 Å². The number of nitrogens with two attached hydrogens (primary N) is 2. The first-order chi connectivity index (χ1) is 6.62. The average Bonchev–Trinajstić information content (AvgIpc) is 2.71. The number of ether oxygens (including phenoxy) is 1. The molecule has 0 amide bonds. The van der Waals surface area contributed by atoms with Gasteiger partial charge in [0.15, 0.2) is 5.82 Å². The van der Waals surface area contributed by atoms with Crippen molar-refractivity contribution in [3.63, 3.8) is 0 Å². The number of nitrogens with zero attached hydrogens (tertiary/aromatic N) is 2. The van der Waals surface area contributed by atoms with Crippen molar-refractivity contribution in [1.29, 1.82) is 0 Å². The van der Waals surface area contributed by atoms with E-state index in [2.05, 4.69) is 10.1 Å². The van der Waals surface area contributed by atoms with Gasteiger partial charge in [-0.25, -0.2) is 0 Å². The molecule has 1 aliphatic heterocycles. The third-order valence-electron chi connectivity index (χ3n) is 2.33. The Hall–Kier alpha value is -0.980. The van der Waals surface area contributed by atoms with E-state index in [0.717, 1.165) is 0 Å². The number of aromatic nitrogens is 2. The first-order valence-electron chi connectivity index (χ1n) is 4.58. The minimum absolute atomic E-state index is 0.238. The van der Waals surface area contributed by atoms with Gasteiger partial charge in [0.25, 0.3) is 0 Å². The zero-order chi connectivity index (χ0) is 10.2. The molecule has 2 rings (SSSR count). The van der Waals surface area contributed by atoms with E-state index in [0.29, 0.717) is 31.3 Å². The normalized spacial score (nSPS) is 29.4. The zero-order valence-electron chi connectivity index (χ0n) is 8.06. The molecule has 14 heavy (non-hydrogen) atoms. The third-order valence-corrected chi connectivity index (χ3v) is 2.33. The molecular formula is C8H14N4O2. The van der Waals surface area contributed by atoms with E-state index in [1.165, 1.54) is 0 Å². The van der Waals surface area contributed by atoms with Gasteiger partial charge in [-0.2, -0.15) is 4.98 Å². The molecule has 1 saturated heterocycles. The summed E-state index contributed by atoms with van der Waals surface area (Å²) in [6, 6.07) is -0.238. The second-order valence-electron chi connectivity index (χ2n) is 3.71. The lowest BCUT2D eigenvalue weighted by Crippen LogP contribution is -2.37. The largest absolute Gasteiger partial charge is 0.379 e. The van der Waals surface area contributed by atoms with Crippen LogP contribution in [-0.4, -0.2) is 23.4 Å². The number of hydrogen-bond donors (Lipinski definition) is 2. The standard InChI is InChI=1S/C8H14N4O2/c1-5(9)6-11-7(14-12-6)8(10)2-3-13-4-8/h5H,2-4,9-10H2,1H3. The zero-order valence-corrected chi connectivity index (χ0v) is 8.06. The van der Waals surface area contributed by atoms with Crippen LogP contribution >= 0.6 is 0 Å². The predicted octanol–water partition coefficient (Wildman–Crippen LogP) is -0.336. The lowest BCUT2D eigenvalue weighted by molar-refractivity contribution is 0.166. The lowest BCUT2D eigenvalue weighted by atomic mass is 10.0. The van der Waals surface area contributed by atoms with E-state index in [1.54, 1.807) is 6.92 Å². The molecule has 6 nitrogen and oxygen atoms in total. The Labute approximate surface area is 81.6 Å². The summed E-state index contributed by atoms with van der Waals surface area (Å²) < 4.78 is 10.3. The molecule has 6 heteroatoms. The molecule has 0 aliphatic carbocycles. The Morgan fingerprint density at radius 1 is 1.57 bits per heavy atom. The van der Waals surface area contributed by atoms with E-state index in [9.17, 15) is 0 Å². The number of hydrogen-bond acceptors (Lipinski definition) is 6. The first kappa shape index (κ1) is 9.57. The van der Waals surface area contributed by atoms with Crippen LogP contribution in [-0.2, 0) is 10.3 Å². The van der Waals surface area contributed by atoms with Crippen molar-refractivity contribution in [2.45, 2.75) is 24.9 Å². The second-order valence-corrected chi connectivity index (χ2v) is 3.71. The molecule has 2 atom stereocenters. The molecule has 4 N–H and O–H groups in total. The Kier molecular flexibility index (Phi) is 2.26. The van der Waals surface area contributed by atoms with Gasteiger partial charge in [-0.05, 0) is 13.3 Å². The molecule has 2 heterocycles. The summed E-state index contributed by atoms with van der Waals surface area (Å²) in [5.41, 5.74) is 11.0. The fourth-order valence-corrected chi connectivity index (χ4v) is 1.37. The van der Waals surface area contributed by atoms with Gasteiger partial charge < -0.3 is 20.7 Å².